The lowest BCUT2D eigenvalue weighted by Crippen LogP contribution is -2.12. The zero-order chi connectivity index (χ0) is 14.7. The van der Waals surface area contributed by atoms with Crippen LogP contribution in [-0.4, -0.2) is 34.6 Å². The third kappa shape index (κ3) is 5.32. The van der Waals surface area contributed by atoms with Crippen molar-refractivity contribution in [3.05, 3.63) is 29.8 Å². The molecule has 0 aliphatic carbocycles. The average Bonchev–Trinajstić information content (AvgIpc) is 2.27. The molecule has 0 radical (unpaired) electrons. The molecule has 0 bridgehead atoms. The average molecular weight is 304 g/mol. The summed E-state index contributed by atoms with van der Waals surface area (Å²) in [6, 6.07) is 6.78. The summed E-state index contributed by atoms with van der Waals surface area (Å²) in [5.74, 6) is 0.110. The summed E-state index contributed by atoms with van der Waals surface area (Å²) in [4.78, 5) is 0.255. The van der Waals surface area contributed by atoms with E-state index in [2.05, 4.69) is 0 Å². The van der Waals surface area contributed by atoms with Crippen LogP contribution in [-0.2, 0) is 19.7 Å². The molecule has 0 saturated carbocycles. The first kappa shape index (κ1) is 16.2. The summed E-state index contributed by atoms with van der Waals surface area (Å²) >= 11 is 0. The van der Waals surface area contributed by atoms with E-state index in [4.69, 9.17) is 0 Å². The highest BCUT2D eigenvalue weighted by atomic mass is 32.2. The van der Waals surface area contributed by atoms with E-state index in [1.165, 1.54) is 0 Å². The molecule has 0 N–H and O–H groups in total. The summed E-state index contributed by atoms with van der Waals surface area (Å²) < 4.78 is 46.0. The number of hydrogen-bond donors (Lipinski definition) is 0. The largest absolute Gasteiger partial charge is 0.229 e. The van der Waals surface area contributed by atoms with Crippen LogP contribution in [0.2, 0.25) is 0 Å². The van der Waals surface area contributed by atoms with Gasteiger partial charge in [-0.25, -0.2) is 16.8 Å². The summed E-state index contributed by atoms with van der Waals surface area (Å²) in [5.41, 5.74) is 1.08. The number of sulfone groups is 2. The van der Waals surface area contributed by atoms with Crippen molar-refractivity contribution in [2.75, 3.05) is 17.8 Å². The van der Waals surface area contributed by atoms with Crippen LogP contribution in [0.25, 0.3) is 0 Å². The molecule has 0 fully saturated rings. The maximum absolute atomic E-state index is 12.0. The van der Waals surface area contributed by atoms with Crippen molar-refractivity contribution in [1.82, 2.24) is 0 Å². The van der Waals surface area contributed by atoms with Crippen LogP contribution in [0.5, 0.6) is 0 Å². The second-order valence-corrected chi connectivity index (χ2v) is 9.39. The fourth-order valence-electron chi connectivity index (χ4n) is 1.69. The van der Waals surface area contributed by atoms with Gasteiger partial charge in [0.05, 0.1) is 16.4 Å². The maximum Gasteiger partial charge on any atom is 0.178 e. The molecule has 1 rings (SSSR count). The van der Waals surface area contributed by atoms with Crippen molar-refractivity contribution >= 4 is 19.7 Å². The van der Waals surface area contributed by atoms with Crippen molar-refractivity contribution < 1.29 is 16.8 Å². The second-order valence-electron chi connectivity index (χ2n) is 5.03. The first-order valence-electron chi connectivity index (χ1n) is 6.12. The molecule has 6 heteroatoms. The van der Waals surface area contributed by atoms with Crippen LogP contribution in [0.3, 0.4) is 0 Å². The predicted molar refractivity (Wildman–Crippen MR) is 76.9 cm³/mol. The van der Waals surface area contributed by atoms with Gasteiger partial charge >= 0.3 is 0 Å². The van der Waals surface area contributed by atoms with Crippen LogP contribution >= 0.6 is 0 Å². The molecule has 1 aromatic carbocycles. The Labute approximate surface area is 115 Å². The van der Waals surface area contributed by atoms with E-state index in [0.29, 0.717) is 5.92 Å². The lowest BCUT2D eigenvalue weighted by molar-refractivity contribution is 0.592. The van der Waals surface area contributed by atoms with E-state index in [9.17, 15) is 16.8 Å². The minimum Gasteiger partial charge on any atom is -0.229 e. The molecule has 1 aromatic rings. The molecule has 0 amide bonds. The number of benzene rings is 1. The van der Waals surface area contributed by atoms with Gasteiger partial charge in [-0.3, -0.25) is 0 Å². The van der Waals surface area contributed by atoms with Gasteiger partial charge in [0.15, 0.2) is 9.84 Å². The van der Waals surface area contributed by atoms with E-state index in [-0.39, 0.29) is 22.8 Å². The van der Waals surface area contributed by atoms with Crippen molar-refractivity contribution in [3.63, 3.8) is 0 Å². The highest BCUT2D eigenvalue weighted by Crippen LogP contribution is 2.18. The quantitative estimate of drug-likeness (QED) is 0.806. The van der Waals surface area contributed by atoms with Crippen molar-refractivity contribution in [1.29, 1.82) is 0 Å². The fourth-order valence-corrected chi connectivity index (χ4v) is 3.85. The Hall–Kier alpha value is -0.880. The maximum atomic E-state index is 12.0. The Morgan fingerprint density at radius 1 is 0.947 bits per heavy atom. The van der Waals surface area contributed by atoms with Crippen molar-refractivity contribution in [3.8, 4) is 0 Å². The molecule has 108 valence electrons. The van der Waals surface area contributed by atoms with E-state index < -0.39 is 19.7 Å². The van der Waals surface area contributed by atoms with Gasteiger partial charge in [-0.15, -0.1) is 0 Å². The minimum atomic E-state index is -3.39. The van der Waals surface area contributed by atoms with Gasteiger partial charge in [-0.1, -0.05) is 26.0 Å². The van der Waals surface area contributed by atoms with Gasteiger partial charge in [0, 0.05) is 6.26 Å². The molecule has 0 spiro atoms. The minimum absolute atomic E-state index is 0.101. The predicted octanol–water partition coefficient (Wildman–Crippen LogP) is 2.02. The van der Waals surface area contributed by atoms with E-state index in [1.807, 2.05) is 13.8 Å². The Morgan fingerprint density at radius 2 is 1.47 bits per heavy atom. The van der Waals surface area contributed by atoms with Gasteiger partial charge in [0.25, 0.3) is 0 Å². The Bertz CT molecular complexity index is 611. The highest BCUT2D eigenvalue weighted by molar-refractivity contribution is 7.92. The molecule has 0 heterocycles. The molecule has 4 nitrogen and oxygen atoms in total. The Kier molecular flexibility index (Phi) is 5.15. The van der Waals surface area contributed by atoms with E-state index in [0.717, 1.165) is 11.8 Å². The van der Waals surface area contributed by atoms with Crippen LogP contribution in [0, 0.1) is 0 Å². The topological polar surface area (TPSA) is 68.3 Å². The molecular weight excluding hydrogens is 284 g/mol. The summed E-state index contributed by atoms with van der Waals surface area (Å²) in [6.07, 6.45) is 1.24. The molecule has 0 aliphatic rings. The molecule has 0 unspecified atom stereocenters. The zero-order valence-electron chi connectivity index (χ0n) is 11.5. The summed E-state index contributed by atoms with van der Waals surface area (Å²) in [7, 11) is -6.50. The van der Waals surface area contributed by atoms with Crippen molar-refractivity contribution in [2.45, 2.75) is 31.1 Å². The van der Waals surface area contributed by atoms with Crippen LogP contribution < -0.4 is 0 Å². The first-order chi connectivity index (χ1) is 8.62. The molecule has 19 heavy (non-hydrogen) atoms. The van der Waals surface area contributed by atoms with Gasteiger partial charge in [0.1, 0.15) is 9.84 Å². The molecule has 0 atom stereocenters. The monoisotopic (exact) mass is 304 g/mol. The van der Waals surface area contributed by atoms with Gasteiger partial charge < -0.3 is 0 Å². The molecule has 0 aromatic heterocycles. The smallest absolute Gasteiger partial charge is 0.178 e. The lowest BCUT2D eigenvalue weighted by Gasteiger charge is -2.07. The Balaban J connectivity index is 2.77. The van der Waals surface area contributed by atoms with Crippen LogP contribution in [0.4, 0.5) is 0 Å². The van der Waals surface area contributed by atoms with Crippen LogP contribution in [0.1, 0.15) is 31.7 Å². The number of rotatable bonds is 6. The second kappa shape index (κ2) is 6.05. The Morgan fingerprint density at radius 3 is 1.89 bits per heavy atom. The fraction of sp³-hybridized carbons (Fsp3) is 0.538. The summed E-state index contributed by atoms with van der Waals surface area (Å²) in [6.45, 7) is 4.07. The zero-order valence-corrected chi connectivity index (χ0v) is 13.1. The highest BCUT2D eigenvalue weighted by Gasteiger charge is 2.15. The molecular formula is C13H20O4S2. The third-order valence-corrected chi connectivity index (χ3v) is 5.68. The lowest BCUT2D eigenvalue weighted by atomic mass is 10.0. The number of hydrogen-bond acceptors (Lipinski definition) is 4. The molecule has 0 saturated heterocycles. The standard InChI is InChI=1S/C13H20O4S2/c1-11(2)12-5-7-13(8-6-12)19(16,17)10-4-9-18(3,14)15/h5-8,11H,4,9-10H2,1-3H3. The first-order valence-corrected chi connectivity index (χ1v) is 9.83. The van der Waals surface area contributed by atoms with Crippen molar-refractivity contribution in [2.24, 2.45) is 0 Å². The normalized spacial score (nSPS) is 12.8. The summed E-state index contributed by atoms with van der Waals surface area (Å²) in [5, 5.41) is 0. The van der Waals surface area contributed by atoms with Gasteiger partial charge in [-0.05, 0) is 30.0 Å². The van der Waals surface area contributed by atoms with E-state index >= 15 is 0 Å². The SMILES string of the molecule is CC(C)c1ccc(S(=O)(=O)CCCS(C)(=O)=O)cc1. The third-order valence-electron chi connectivity index (χ3n) is 2.83. The van der Waals surface area contributed by atoms with E-state index in [1.54, 1.807) is 24.3 Å². The van der Waals surface area contributed by atoms with Gasteiger partial charge in [0.2, 0.25) is 0 Å². The van der Waals surface area contributed by atoms with Gasteiger partial charge in [-0.2, -0.15) is 0 Å². The van der Waals surface area contributed by atoms with Crippen LogP contribution in [0.15, 0.2) is 29.2 Å². The molecule has 0 aliphatic heterocycles.